The van der Waals surface area contributed by atoms with E-state index < -0.39 is 0 Å². The van der Waals surface area contributed by atoms with Gasteiger partial charge in [-0.2, -0.15) is 5.10 Å². The van der Waals surface area contributed by atoms with Crippen molar-refractivity contribution in [3.63, 3.8) is 0 Å². The van der Waals surface area contributed by atoms with Gasteiger partial charge in [0.25, 0.3) is 5.95 Å². The molecule has 0 aliphatic carbocycles. The molecule has 0 radical (unpaired) electrons. The topological polar surface area (TPSA) is 81.1 Å². The van der Waals surface area contributed by atoms with Crippen molar-refractivity contribution in [3.8, 4) is 0 Å². The number of thioether (sulfide) groups is 1. The Morgan fingerprint density at radius 3 is 2.77 bits per heavy atom. The number of hydrogen-bond acceptors (Lipinski definition) is 6. The predicted octanol–water partition coefficient (Wildman–Crippen LogP) is 4.02. The molecule has 1 aromatic heterocycles. The van der Waals surface area contributed by atoms with Crippen molar-refractivity contribution in [2.45, 2.75) is 17.8 Å². The van der Waals surface area contributed by atoms with Gasteiger partial charge in [-0.05, 0) is 42.3 Å². The van der Waals surface area contributed by atoms with Crippen molar-refractivity contribution < 1.29 is 4.39 Å². The van der Waals surface area contributed by atoms with Gasteiger partial charge >= 0.3 is 0 Å². The van der Waals surface area contributed by atoms with E-state index in [4.69, 9.17) is 5.84 Å². The molecule has 0 fully saturated rings. The van der Waals surface area contributed by atoms with Gasteiger partial charge in [-0.1, -0.05) is 52.0 Å². The zero-order valence-corrected chi connectivity index (χ0v) is 16.3. The van der Waals surface area contributed by atoms with Crippen molar-refractivity contribution in [2.24, 2.45) is 5.10 Å². The number of aromatic nitrogens is 3. The standard InChI is InChI=1S/C17H16BrFN6S/c1-11(13-5-7-15(19)8-6-13)21-22-16-23-24-17(25(16)20)26-10-12-3-2-4-14(18)9-12/h2-9H,10,20H2,1H3,(H,22,23)/b21-11+. The minimum atomic E-state index is -0.289. The first kappa shape index (κ1) is 18.4. The molecule has 0 saturated carbocycles. The van der Waals surface area contributed by atoms with E-state index in [0.29, 0.717) is 22.6 Å². The quantitative estimate of drug-likeness (QED) is 0.265. The van der Waals surface area contributed by atoms with Crippen molar-refractivity contribution in [1.29, 1.82) is 0 Å². The van der Waals surface area contributed by atoms with Gasteiger partial charge in [-0.3, -0.25) is 0 Å². The molecule has 0 aliphatic heterocycles. The number of benzene rings is 2. The lowest BCUT2D eigenvalue weighted by Crippen LogP contribution is -2.13. The van der Waals surface area contributed by atoms with Crippen LogP contribution in [0.4, 0.5) is 10.3 Å². The largest absolute Gasteiger partial charge is 0.334 e. The Balaban J connectivity index is 1.65. The summed E-state index contributed by atoms with van der Waals surface area (Å²) in [6.45, 7) is 1.81. The molecule has 3 N–H and O–H groups in total. The van der Waals surface area contributed by atoms with Crippen LogP contribution in [0.15, 0.2) is 63.3 Å². The second kappa shape index (κ2) is 8.33. The third-order valence-electron chi connectivity index (χ3n) is 3.51. The van der Waals surface area contributed by atoms with Gasteiger partial charge in [0, 0.05) is 10.2 Å². The summed E-state index contributed by atoms with van der Waals surface area (Å²) in [5.74, 6) is 6.77. The first-order chi connectivity index (χ1) is 12.5. The molecule has 0 spiro atoms. The van der Waals surface area contributed by atoms with Gasteiger partial charge in [0.1, 0.15) is 5.82 Å². The maximum absolute atomic E-state index is 13.0. The second-order valence-corrected chi connectivity index (χ2v) is 7.27. The fourth-order valence-corrected chi connectivity index (χ4v) is 3.36. The van der Waals surface area contributed by atoms with Gasteiger partial charge in [-0.15, -0.1) is 10.2 Å². The molecule has 1 heterocycles. The molecule has 0 unspecified atom stereocenters. The number of rotatable bonds is 6. The lowest BCUT2D eigenvalue weighted by Gasteiger charge is -2.05. The third kappa shape index (κ3) is 4.61. The van der Waals surface area contributed by atoms with E-state index in [2.05, 4.69) is 36.7 Å². The number of nitrogens with two attached hydrogens (primary N) is 1. The molecular weight excluding hydrogens is 419 g/mol. The number of nitrogens with zero attached hydrogens (tertiary/aromatic N) is 4. The molecule has 0 bridgehead atoms. The van der Waals surface area contributed by atoms with Crippen LogP contribution in [-0.2, 0) is 5.75 Å². The van der Waals surface area contributed by atoms with Crippen LogP contribution in [0.5, 0.6) is 0 Å². The molecule has 3 aromatic rings. The number of hydrogen-bond donors (Lipinski definition) is 2. The van der Waals surface area contributed by atoms with Crippen molar-refractivity contribution in [3.05, 3.63) is 69.9 Å². The summed E-state index contributed by atoms with van der Waals surface area (Å²) in [4.78, 5) is 0. The molecule has 6 nitrogen and oxygen atoms in total. The fraction of sp³-hybridized carbons (Fsp3) is 0.118. The maximum Gasteiger partial charge on any atom is 0.264 e. The number of nitrogens with one attached hydrogen (secondary N) is 1. The Morgan fingerprint density at radius 1 is 1.27 bits per heavy atom. The normalized spacial score (nSPS) is 11.6. The predicted molar refractivity (Wildman–Crippen MR) is 106 cm³/mol. The first-order valence-corrected chi connectivity index (χ1v) is 9.45. The molecule has 2 aromatic carbocycles. The first-order valence-electron chi connectivity index (χ1n) is 7.67. The van der Waals surface area contributed by atoms with Crippen molar-refractivity contribution >= 4 is 39.4 Å². The van der Waals surface area contributed by atoms with Gasteiger partial charge in [0.05, 0.1) is 5.71 Å². The van der Waals surface area contributed by atoms with Crippen LogP contribution >= 0.6 is 27.7 Å². The maximum atomic E-state index is 13.0. The summed E-state index contributed by atoms with van der Waals surface area (Å²) >= 11 is 4.93. The van der Waals surface area contributed by atoms with E-state index in [-0.39, 0.29) is 5.82 Å². The summed E-state index contributed by atoms with van der Waals surface area (Å²) < 4.78 is 15.4. The number of anilines is 1. The molecule has 9 heteroatoms. The van der Waals surface area contributed by atoms with Gasteiger partial charge < -0.3 is 5.84 Å². The van der Waals surface area contributed by atoms with E-state index >= 15 is 0 Å². The summed E-state index contributed by atoms with van der Waals surface area (Å²) in [6.07, 6.45) is 0. The van der Waals surface area contributed by atoms with Crippen molar-refractivity contribution in [1.82, 2.24) is 14.9 Å². The highest BCUT2D eigenvalue weighted by molar-refractivity contribution is 9.10. The molecular formula is C17H16BrFN6S. The highest BCUT2D eigenvalue weighted by Gasteiger charge is 2.10. The third-order valence-corrected chi connectivity index (χ3v) is 5.01. The minimum absolute atomic E-state index is 0.289. The Morgan fingerprint density at radius 2 is 2.04 bits per heavy atom. The minimum Gasteiger partial charge on any atom is -0.334 e. The Kier molecular flexibility index (Phi) is 5.89. The molecule has 0 amide bonds. The molecule has 0 saturated heterocycles. The SMILES string of the molecule is C/C(=N\Nc1nnc(SCc2cccc(Br)c2)n1N)c1ccc(F)cc1. The lowest BCUT2D eigenvalue weighted by atomic mass is 10.1. The summed E-state index contributed by atoms with van der Waals surface area (Å²) in [5, 5.41) is 12.9. The lowest BCUT2D eigenvalue weighted by molar-refractivity contribution is 0.628. The summed E-state index contributed by atoms with van der Waals surface area (Å²) in [5.41, 5.74) is 5.41. The average Bonchev–Trinajstić information content (AvgIpc) is 2.98. The van der Waals surface area contributed by atoms with Crippen LogP contribution < -0.4 is 11.3 Å². The highest BCUT2D eigenvalue weighted by Crippen LogP contribution is 2.23. The summed E-state index contributed by atoms with van der Waals surface area (Å²) in [7, 11) is 0. The van der Waals surface area contributed by atoms with E-state index in [9.17, 15) is 4.39 Å². The Labute approximate surface area is 162 Å². The van der Waals surface area contributed by atoms with Gasteiger partial charge in [-0.25, -0.2) is 14.5 Å². The van der Waals surface area contributed by atoms with Crippen LogP contribution in [-0.4, -0.2) is 20.6 Å². The fourth-order valence-electron chi connectivity index (χ4n) is 2.12. The van der Waals surface area contributed by atoms with Crippen LogP contribution in [0.2, 0.25) is 0 Å². The molecule has 0 aliphatic rings. The van der Waals surface area contributed by atoms with Crippen LogP contribution in [0.25, 0.3) is 0 Å². The molecule has 134 valence electrons. The van der Waals surface area contributed by atoms with Crippen LogP contribution in [0.3, 0.4) is 0 Å². The number of halogens is 2. The average molecular weight is 435 g/mol. The smallest absolute Gasteiger partial charge is 0.264 e. The molecule has 26 heavy (non-hydrogen) atoms. The molecule has 0 atom stereocenters. The zero-order valence-electron chi connectivity index (χ0n) is 13.9. The van der Waals surface area contributed by atoms with E-state index in [0.717, 1.165) is 15.6 Å². The van der Waals surface area contributed by atoms with Gasteiger partial charge in [0.2, 0.25) is 5.16 Å². The van der Waals surface area contributed by atoms with Crippen LogP contribution in [0, 0.1) is 5.82 Å². The Hall–Kier alpha value is -2.39. The summed E-state index contributed by atoms with van der Waals surface area (Å²) in [6, 6.07) is 14.1. The van der Waals surface area contributed by atoms with Crippen molar-refractivity contribution in [2.75, 3.05) is 11.3 Å². The number of nitrogen functional groups attached to an aromatic ring is 1. The second-order valence-electron chi connectivity index (χ2n) is 5.41. The van der Waals surface area contributed by atoms with Gasteiger partial charge in [0.15, 0.2) is 0 Å². The molecule has 3 rings (SSSR count). The van der Waals surface area contributed by atoms with E-state index in [1.165, 1.54) is 28.6 Å². The van der Waals surface area contributed by atoms with Crippen LogP contribution in [0.1, 0.15) is 18.1 Å². The van der Waals surface area contributed by atoms with E-state index in [1.54, 1.807) is 19.1 Å². The highest BCUT2D eigenvalue weighted by atomic mass is 79.9. The Bertz CT molecular complexity index is 925. The zero-order chi connectivity index (χ0) is 18.5. The monoisotopic (exact) mass is 434 g/mol. The van der Waals surface area contributed by atoms with E-state index in [1.807, 2.05) is 24.3 Å². The number of hydrazone groups is 1.